The van der Waals surface area contributed by atoms with Crippen LogP contribution in [0.3, 0.4) is 0 Å². The van der Waals surface area contributed by atoms with E-state index in [2.05, 4.69) is 166 Å². The molecule has 4 heteroatoms. The summed E-state index contributed by atoms with van der Waals surface area (Å²) < 4.78 is 0.196. The molecule has 0 amide bonds. The molecule has 0 aromatic heterocycles. The first-order chi connectivity index (χ1) is 22.5. The molecule has 2 aliphatic carbocycles. The fraction of sp³-hybridized carbons (Fsp3) is 0.364. The molecule has 0 nitrogen and oxygen atoms in total. The van der Waals surface area contributed by atoms with Crippen LogP contribution in [-0.2, 0) is 26.4 Å². The molecule has 6 rings (SSSR count). The van der Waals surface area contributed by atoms with E-state index in [9.17, 15) is 0 Å². The molecule has 0 N–H and O–H groups in total. The zero-order valence-corrected chi connectivity index (χ0v) is 35.8. The van der Waals surface area contributed by atoms with Crippen molar-refractivity contribution in [2.24, 2.45) is 0 Å². The van der Waals surface area contributed by atoms with Gasteiger partial charge in [-0.15, -0.1) is 0 Å². The summed E-state index contributed by atoms with van der Waals surface area (Å²) in [5, 5.41) is 0. The van der Waals surface area contributed by atoms with Crippen LogP contribution in [0.1, 0.15) is 109 Å². The molecule has 0 heterocycles. The number of fused-ring (bicyclic) bond motifs is 2. The normalized spacial score (nSPS) is 19.2. The molecule has 251 valence electrons. The predicted octanol–water partition coefficient (Wildman–Crippen LogP) is 14.0. The van der Waals surface area contributed by atoms with E-state index >= 15 is 0 Å². The Morgan fingerprint density at radius 1 is 0.604 bits per heavy atom. The number of hydrogen-bond acceptors (Lipinski definition) is 0. The van der Waals surface area contributed by atoms with Crippen LogP contribution in [0.4, 0.5) is 0 Å². The second kappa shape index (κ2) is 12.7. The quantitative estimate of drug-likeness (QED) is 0.164. The van der Waals surface area contributed by atoms with Crippen LogP contribution in [0, 0.1) is 0 Å². The molecule has 48 heavy (non-hydrogen) atoms. The van der Waals surface area contributed by atoms with Crippen LogP contribution in [0.5, 0.6) is 0 Å². The van der Waals surface area contributed by atoms with Gasteiger partial charge in [0.05, 0.1) is 0 Å². The molecule has 4 aromatic carbocycles. The fourth-order valence-electron chi connectivity index (χ4n) is 8.82. The zero-order valence-electron chi connectivity index (χ0n) is 30.6. The topological polar surface area (TPSA) is 0 Å². The van der Waals surface area contributed by atoms with Gasteiger partial charge in [0.25, 0.3) is 0 Å². The molecule has 0 radical (unpaired) electrons. The van der Waals surface area contributed by atoms with Gasteiger partial charge in [0.1, 0.15) is 0 Å². The average Bonchev–Trinajstić information content (AvgIpc) is 3.57. The number of hydrogen-bond donors (Lipinski definition) is 0. The molecule has 0 saturated heterocycles. The van der Waals surface area contributed by atoms with Gasteiger partial charge >= 0.3 is 302 Å². The molecule has 0 spiro atoms. The molecular formula is C44H53Cl2SiZr. The Kier molecular flexibility index (Phi) is 9.46. The summed E-state index contributed by atoms with van der Waals surface area (Å²) in [4.78, 5) is 0. The standard InChI is InChI=1S/2C20H21.C4H11Si.2ClH.Zr/c2*1-14-12-16-6-5-7-18(19(16)13-14)15-8-10-17(11-9-15)20(2,3)4;1-3-4-5-2;;;/h2*5-13H,1-4H3;5H,3-4H2,1-2H3;2*1H;/q;;;;;+2/p-2. The van der Waals surface area contributed by atoms with Gasteiger partial charge in [0, 0.05) is 0 Å². The van der Waals surface area contributed by atoms with Crippen molar-refractivity contribution < 1.29 is 15.6 Å². The Hall–Kier alpha value is -1.96. The maximum absolute atomic E-state index is 8.68. The summed E-state index contributed by atoms with van der Waals surface area (Å²) in [6.45, 7) is 23.1. The summed E-state index contributed by atoms with van der Waals surface area (Å²) >= 11 is -4.81. The Balaban J connectivity index is 1.50. The minimum atomic E-state index is -4.81. The third kappa shape index (κ3) is 5.96. The molecule has 4 aromatic rings. The van der Waals surface area contributed by atoms with Crippen LogP contribution in [0.2, 0.25) is 12.6 Å². The molecule has 3 atom stereocenters. The fourth-order valence-corrected chi connectivity index (χ4v) is 51.6. The first kappa shape index (κ1) is 35.9. The van der Waals surface area contributed by atoms with E-state index in [1.54, 1.807) is 0 Å². The van der Waals surface area contributed by atoms with E-state index in [-0.39, 0.29) is 18.1 Å². The van der Waals surface area contributed by atoms with E-state index < -0.39 is 21.5 Å². The second-order valence-corrected chi connectivity index (χ2v) is 58.2. The Morgan fingerprint density at radius 2 is 0.979 bits per heavy atom. The van der Waals surface area contributed by atoms with Crippen molar-refractivity contribution in [2.45, 2.75) is 99.4 Å². The van der Waals surface area contributed by atoms with Gasteiger partial charge in [0.2, 0.25) is 0 Å². The van der Waals surface area contributed by atoms with Crippen LogP contribution >= 0.6 is 17.0 Å². The van der Waals surface area contributed by atoms with Crippen molar-refractivity contribution in [1.29, 1.82) is 0 Å². The van der Waals surface area contributed by atoms with Gasteiger partial charge in [-0.1, -0.05) is 0 Å². The maximum atomic E-state index is 8.68. The van der Waals surface area contributed by atoms with E-state index in [0.29, 0.717) is 0 Å². The summed E-state index contributed by atoms with van der Waals surface area (Å²) in [6.07, 6.45) is 5.99. The molecule has 0 saturated carbocycles. The van der Waals surface area contributed by atoms with E-state index in [4.69, 9.17) is 17.0 Å². The van der Waals surface area contributed by atoms with Gasteiger partial charge in [-0.05, 0) is 0 Å². The van der Waals surface area contributed by atoms with Gasteiger partial charge in [0.15, 0.2) is 0 Å². The predicted molar refractivity (Wildman–Crippen MR) is 214 cm³/mol. The van der Waals surface area contributed by atoms with Gasteiger partial charge < -0.3 is 0 Å². The first-order valence-corrected chi connectivity index (χ1v) is 33.9. The summed E-state index contributed by atoms with van der Waals surface area (Å²) in [5.74, 6) is -1.62. The van der Waals surface area contributed by atoms with Crippen LogP contribution in [-0.4, -0.2) is 5.92 Å². The molecule has 0 aliphatic heterocycles. The third-order valence-electron chi connectivity index (χ3n) is 11.4. The van der Waals surface area contributed by atoms with Gasteiger partial charge in [-0.3, -0.25) is 0 Å². The zero-order chi connectivity index (χ0) is 34.8. The Bertz CT molecular complexity index is 1780. The van der Waals surface area contributed by atoms with Crippen molar-refractivity contribution in [3.8, 4) is 22.3 Å². The first-order valence-electron chi connectivity index (χ1n) is 17.9. The van der Waals surface area contributed by atoms with E-state index in [0.717, 1.165) is 6.42 Å². The van der Waals surface area contributed by atoms with E-state index in [1.165, 1.54) is 72.8 Å². The minimum absolute atomic E-state index is 0.0980. The Labute approximate surface area is 299 Å². The molecule has 2 aliphatic rings. The molecular weight excluding hydrogens is 719 g/mol. The Morgan fingerprint density at radius 3 is 1.31 bits per heavy atom. The van der Waals surface area contributed by atoms with Gasteiger partial charge in [-0.2, -0.15) is 0 Å². The SMILES string of the molecule is CCC[SiH](C)[Zr]([Cl])([Cl])([CH]1C(C)=Cc2c(-c3ccc(C(C)(C)C)cc3)cccc21)[CH]1C(C)=Cc2c(-c3ccc(C(C)(C)C)cc3)cccc21. The third-order valence-corrected chi connectivity index (χ3v) is 62.3. The van der Waals surface area contributed by atoms with Crippen molar-refractivity contribution >= 4 is 35.1 Å². The number of allylic oxidation sites excluding steroid dienone is 2. The molecule has 0 fully saturated rings. The number of rotatable bonds is 7. The molecule has 0 bridgehead atoms. The second-order valence-electron chi connectivity index (χ2n) is 16.8. The van der Waals surface area contributed by atoms with Crippen molar-refractivity contribution in [3.05, 3.63) is 129 Å². The number of benzene rings is 4. The van der Waals surface area contributed by atoms with Crippen molar-refractivity contribution in [1.82, 2.24) is 0 Å². The van der Waals surface area contributed by atoms with Crippen LogP contribution < -0.4 is 0 Å². The monoisotopic (exact) mass is 769 g/mol. The number of halogens is 2. The molecule has 3 unspecified atom stereocenters. The average molecular weight is 772 g/mol. The summed E-state index contributed by atoms with van der Waals surface area (Å²) in [7, 11) is 17.4. The van der Waals surface area contributed by atoms with Crippen LogP contribution in [0.15, 0.2) is 96.1 Å². The summed E-state index contributed by atoms with van der Waals surface area (Å²) in [5.41, 5.74) is 16.1. The van der Waals surface area contributed by atoms with Crippen molar-refractivity contribution in [3.63, 3.8) is 0 Å². The van der Waals surface area contributed by atoms with Gasteiger partial charge in [-0.25, -0.2) is 0 Å². The van der Waals surface area contributed by atoms with E-state index in [1.807, 2.05) is 0 Å². The van der Waals surface area contributed by atoms with Crippen LogP contribution in [0.25, 0.3) is 34.4 Å². The summed E-state index contributed by atoms with van der Waals surface area (Å²) in [6, 6.07) is 33.2. The van der Waals surface area contributed by atoms with Crippen molar-refractivity contribution in [2.75, 3.05) is 0 Å².